The third-order valence-corrected chi connectivity index (χ3v) is 6.45. The summed E-state index contributed by atoms with van der Waals surface area (Å²) in [6.07, 6.45) is 7.49. The number of benzene rings is 1. The predicted molar refractivity (Wildman–Crippen MR) is 104 cm³/mol. The van der Waals surface area contributed by atoms with Crippen LogP contribution in [-0.4, -0.2) is 34.8 Å². The highest BCUT2D eigenvalue weighted by Crippen LogP contribution is 2.42. The number of fused-ring (bicyclic) bond motifs is 2. The molecule has 0 amide bonds. The molecular weight excluding hydrogens is 380 g/mol. The molecule has 5 rings (SSSR count). The fourth-order valence-corrected chi connectivity index (χ4v) is 4.83. The number of nitrogens with two attached hydrogens (primary N) is 1. The molecule has 3 atom stereocenters. The Morgan fingerprint density at radius 3 is 2.66 bits per heavy atom. The predicted octanol–water partition coefficient (Wildman–Crippen LogP) is 2.65. The quantitative estimate of drug-likeness (QED) is 0.772. The number of aromatic carboxylic acids is 1. The van der Waals surface area contributed by atoms with Crippen molar-refractivity contribution in [2.24, 2.45) is 17.6 Å². The van der Waals surface area contributed by atoms with Crippen molar-refractivity contribution in [2.75, 3.05) is 18.0 Å². The van der Waals surface area contributed by atoms with Crippen LogP contribution in [-0.2, 0) is 0 Å². The Bertz CT molecular complexity index is 1120. The number of pyridine rings is 1. The molecule has 1 aliphatic heterocycles. The third-order valence-electron chi connectivity index (χ3n) is 6.45. The zero-order valence-electron chi connectivity index (χ0n) is 15.6. The lowest BCUT2D eigenvalue weighted by atomic mass is 9.83. The van der Waals surface area contributed by atoms with Crippen molar-refractivity contribution in [1.29, 1.82) is 0 Å². The summed E-state index contributed by atoms with van der Waals surface area (Å²) < 4.78 is 32.2. The number of rotatable bonds is 3. The minimum atomic E-state index is -1.40. The van der Waals surface area contributed by atoms with Crippen molar-refractivity contribution in [3.05, 3.63) is 51.8 Å². The maximum Gasteiger partial charge on any atom is 0.341 e. The molecule has 2 heterocycles. The largest absolute Gasteiger partial charge is 0.477 e. The second-order valence-electron chi connectivity index (χ2n) is 8.30. The molecule has 3 N–H and O–H groups in total. The highest BCUT2D eigenvalue weighted by atomic mass is 19.1. The van der Waals surface area contributed by atoms with E-state index >= 15 is 8.78 Å². The molecule has 0 radical (unpaired) electrons. The monoisotopic (exact) mass is 401 g/mol. The molecule has 152 valence electrons. The van der Waals surface area contributed by atoms with Crippen LogP contribution in [0.2, 0.25) is 0 Å². The number of carbonyl (C=O) groups is 1. The van der Waals surface area contributed by atoms with Gasteiger partial charge in [-0.2, -0.15) is 0 Å². The van der Waals surface area contributed by atoms with Crippen molar-refractivity contribution >= 4 is 22.6 Å². The molecule has 0 bridgehead atoms. The average Bonchev–Trinajstić information content (AvgIpc) is 3.42. The van der Waals surface area contributed by atoms with Crippen LogP contribution in [0.4, 0.5) is 14.5 Å². The van der Waals surface area contributed by atoms with E-state index in [1.54, 1.807) is 4.90 Å². The van der Waals surface area contributed by atoms with E-state index in [9.17, 15) is 14.7 Å². The van der Waals surface area contributed by atoms with Crippen LogP contribution in [0.5, 0.6) is 0 Å². The minimum Gasteiger partial charge on any atom is -0.477 e. The molecule has 2 aromatic rings. The fraction of sp³-hybridized carbons (Fsp3) is 0.429. The molecule has 0 spiro atoms. The number of halogens is 2. The van der Waals surface area contributed by atoms with E-state index in [2.05, 4.69) is 0 Å². The lowest BCUT2D eigenvalue weighted by molar-refractivity contribution is 0.0695. The summed E-state index contributed by atoms with van der Waals surface area (Å²) in [4.78, 5) is 25.7. The summed E-state index contributed by atoms with van der Waals surface area (Å²) in [7, 11) is 0. The van der Waals surface area contributed by atoms with Crippen molar-refractivity contribution in [3.8, 4) is 0 Å². The van der Waals surface area contributed by atoms with Crippen molar-refractivity contribution in [1.82, 2.24) is 4.57 Å². The van der Waals surface area contributed by atoms with Gasteiger partial charge in [-0.1, -0.05) is 12.2 Å². The number of hydrogen-bond acceptors (Lipinski definition) is 4. The number of hydrogen-bond donors (Lipinski definition) is 2. The first-order chi connectivity index (χ1) is 13.9. The van der Waals surface area contributed by atoms with Gasteiger partial charge in [-0.25, -0.2) is 13.6 Å². The second kappa shape index (κ2) is 6.38. The minimum absolute atomic E-state index is 0.0174. The Labute approximate surface area is 165 Å². The van der Waals surface area contributed by atoms with Gasteiger partial charge in [0.05, 0.1) is 10.9 Å². The van der Waals surface area contributed by atoms with Crippen LogP contribution < -0.4 is 16.1 Å². The van der Waals surface area contributed by atoms with Gasteiger partial charge in [0.1, 0.15) is 17.1 Å². The fourth-order valence-electron chi connectivity index (χ4n) is 4.83. The Morgan fingerprint density at radius 2 is 2.00 bits per heavy atom. The second-order valence-corrected chi connectivity index (χ2v) is 8.30. The number of carboxylic acids is 1. The molecule has 3 unspecified atom stereocenters. The van der Waals surface area contributed by atoms with Crippen LogP contribution >= 0.6 is 0 Å². The summed E-state index contributed by atoms with van der Waals surface area (Å²) in [5.74, 6) is -2.71. The summed E-state index contributed by atoms with van der Waals surface area (Å²) in [6.45, 7) is 0.930. The van der Waals surface area contributed by atoms with E-state index in [1.165, 1.54) is 10.8 Å². The zero-order valence-corrected chi connectivity index (χ0v) is 15.6. The summed E-state index contributed by atoms with van der Waals surface area (Å²) >= 11 is 0. The summed E-state index contributed by atoms with van der Waals surface area (Å²) in [5.41, 5.74) is 4.65. The van der Waals surface area contributed by atoms with Gasteiger partial charge in [0.2, 0.25) is 5.43 Å². The van der Waals surface area contributed by atoms with Gasteiger partial charge < -0.3 is 20.3 Å². The number of allylic oxidation sites excluding steroid dienone is 1. The van der Waals surface area contributed by atoms with Gasteiger partial charge in [-0.15, -0.1) is 0 Å². The van der Waals surface area contributed by atoms with Gasteiger partial charge in [-0.3, -0.25) is 4.79 Å². The molecule has 8 heteroatoms. The molecule has 1 aromatic heterocycles. The highest BCUT2D eigenvalue weighted by Gasteiger charge is 2.39. The zero-order chi connectivity index (χ0) is 20.4. The van der Waals surface area contributed by atoms with Gasteiger partial charge in [0.15, 0.2) is 5.82 Å². The smallest absolute Gasteiger partial charge is 0.341 e. The molecule has 2 aliphatic carbocycles. The first-order valence-corrected chi connectivity index (χ1v) is 9.84. The van der Waals surface area contributed by atoms with Crippen molar-refractivity contribution < 1.29 is 18.7 Å². The number of aromatic nitrogens is 1. The number of anilines is 1. The van der Waals surface area contributed by atoms with E-state index in [0.717, 1.165) is 25.3 Å². The molecule has 6 nitrogen and oxygen atoms in total. The Hall–Kier alpha value is -2.74. The molecule has 2 fully saturated rings. The third kappa shape index (κ3) is 2.77. The Balaban J connectivity index is 1.69. The topological polar surface area (TPSA) is 88.6 Å². The van der Waals surface area contributed by atoms with E-state index in [4.69, 9.17) is 5.73 Å². The van der Waals surface area contributed by atoms with Gasteiger partial charge in [-0.05, 0) is 37.2 Å². The Morgan fingerprint density at radius 1 is 1.24 bits per heavy atom. The molecular formula is C21H21F2N3O3. The van der Waals surface area contributed by atoms with Crippen LogP contribution in [0, 0.1) is 23.5 Å². The Kier molecular flexibility index (Phi) is 4.03. The normalized spacial score (nSPS) is 26.2. The molecule has 29 heavy (non-hydrogen) atoms. The van der Waals surface area contributed by atoms with Crippen LogP contribution in [0.3, 0.4) is 0 Å². The van der Waals surface area contributed by atoms with Crippen molar-refractivity contribution in [3.63, 3.8) is 0 Å². The van der Waals surface area contributed by atoms with Crippen molar-refractivity contribution in [2.45, 2.75) is 31.3 Å². The van der Waals surface area contributed by atoms with Gasteiger partial charge in [0.25, 0.3) is 0 Å². The standard InChI is InChI=1S/C21H21F2N3O3/c22-15-6-12-18(26(11-4-5-11)9-14(20(12)27)21(28)29)17(23)19(15)25-7-10-2-1-3-16(24)13(10)8-25/h1,3,6,9-11,13,16H,2,4-5,7-8,24H2,(H,28,29). The van der Waals surface area contributed by atoms with E-state index in [1.807, 2.05) is 12.2 Å². The lowest BCUT2D eigenvalue weighted by Crippen LogP contribution is -2.35. The SMILES string of the molecule is NC1C=CCC2CN(c3c(F)cc4c(=O)c(C(=O)O)cn(C5CC5)c4c3F)CC12. The number of nitrogens with zero attached hydrogens (tertiary/aromatic N) is 2. The molecule has 3 aliphatic rings. The van der Waals surface area contributed by atoms with Crippen LogP contribution in [0.15, 0.2) is 29.2 Å². The maximum absolute atomic E-state index is 15.7. The molecule has 1 saturated heterocycles. The molecule has 1 aromatic carbocycles. The first kappa shape index (κ1) is 18.3. The van der Waals surface area contributed by atoms with Crippen LogP contribution in [0.1, 0.15) is 35.7 Å². The average molecular weight is 401 g/mol. The van der Waals surface area contributed by atoms with E-state index < -0.39 is 28.6 Å². The van der Waals surface area contributed by atoms with Crippen LogP contribution in [0.25, 0.3) is 10.9 Å². The molecule has 1 saturated carbocycles. The highest BCUT2D eigenvalue weighted by molar-refractivity contribution is 5.94. The van der Waals surface area contributed by atoms with E-state index in [-0.39, 0.29) is 40.5 Å². The van der Waals surface area contributed by atoms with E-state index in [0.29, 0.717) is 13.1 Å². The summed E-state index contributed by atoms with van der Waals surface area (Å²) in [6, 6.07) is 0.762. The van der Waals surface area contributed by atoms with Gasteiger partial charge >= 0.3 is 5.97 Å². The number of carboxylic acid groups (broad SMARTS) is 1. The summed E-state index contributed by atoms with van der Waals surface area (Å²) in [5, 5.41) is 9.10. The lowest BCUT2D eigenvalue weighted by Gasteiger charge is -2.25. The maximum atomic E-state index is 15.7. The van der Waals surface area contributed by atoms with Gasteiger partial charge in [0, 0.05) is 31.4 Å². The first-order valence-electron chi connectivity index (χ1n) is 9.84.